The molecule has 2 rings (SSSR count). The van der Waals surface area contributed by atoms with Gasteiger partial charge in [-0.15, -0.1) is 0 Å². The van der Waals surface area contributed by atoms with Crippen molar-refractivity contribution in [2.24, 2.45) is 0 Å². The zero-order valence-electron chi connectivity index (χ0n) is 14.5. The number of carbonyl (C=O) groups is 1. The Morgan fingerprint density at radius 3 is 2.79 bits per heavy atom. The minimum Gasteiger partial charge on any atom is -0.444 e. The number of halogens is 1. The van der Waals surface area contributed by atoms with Crippen molar-refractivity contribution in [3.8, 4) is 0 Å². The number of imidazole rings is 1. The van der Waals surface area contributed by atoms with Crippen molar-refractivity contribution in [2.75, 3.05) is 6.54 Å². The highest BCUT2D eigenvalue weighted by Crippen LogP contribution is 2.21. The highest BCUT2D eigenvalue weighted by Gasteiger charge is 2.17. The van der Waals surface area contributed by atoms with Crippen LogP contribution in [0.4, 0.5) is 4.79 Å². The van der Waals surface area contributed by atoms with E-state index in [1.807, 2.05) is 43.5 Å². The van der Waals surface area contributed by atoms with Gasteiger partial charge in [-0.3, -0.25) is 0 Å². The number of aromatic nitrogens is 2. The van der Waals surface area contributed by atoms with E-state index in [2.05, 4.69) is 26.2 Å². The molecular formula is C17H24BrN3O3. The average Bonchev–Trinajstić information content (AvgIpc) is 2.73. The predicted molar refractivity (Wildman–Crippen MR) is 97.1 cm³/mol. The lowest BCUT2D eigenvalue weighted by atomic mass is 10.2. The van der Waals surface area contributed by atoms with Crippen LogP contribution in [0.2, 0.25) is 0 Å². The third kappa shape index (κ3) is 5.21. The molecule has 0 spiro atoms. The van der Waals surface area contributed by atoms with E-state index in [0.717, 1.165) is 21.3 Å². The molecule has 1 aromatic carbocycles. The number of aliphatic hydroxyl groups is 1. The summed E-state index contributed by atoms with van der Waals surface area (Å²) >= 11 is 3.44. The van der Waals surface area contributed by atoms with Gasteiger partial charge in [0.15, 0.2) is 0 Å². The Morgan fingerprint density at radius 1 is 1.46 bits per heavy atom. The van der Waals surface area contributed by atoms with Crippen LogP contribution in [0.15, 0.2) is 22.7 Å². The number of ether oxygens (including phenoxy) is 1. The van der Waals surface area contributed by atoms with E-state index in [1.54, 1.807) is 6.92 Å². The molecule has 0 aliphatic heterocycles. The van der Waals surface area contributed by atoms with Crippen LogP contribution < -0.4 is 5.32 Å². The van der Waals surface area contributed by atoms with Crippen molar-refractivity contribution < 1.29 is 14.6 Å². The summed E-state index contributed by atoms with van der Waals surface area (Å²) in [5, 5.41) is 12.5. The van der Waals surface area contributed by atoms with Crippen molar-refractivity contribution in [3.05, 3.63) is 28.5 Å². The third-order valence-corrected chi connectivity index (χ3v) is 3.75. The fourth-order valence-corrected chi connectivity index (χ4v) is 2.75. The summed E-state index contributed by atoms with van der Waals surface area (Å²) < 4.78 is 8.16. The van der Waals surface area contributed by atoms with Gasteiger partial charge in [0.05, 0.1) is 23.7 Å². The molecule has 7 heteroatoms. The summed E-state index contributed by atoms with van der Waals surface area (Å²) in [6.07, 6.45) is -0.370. The van der Waals surface area contributed by atoms with Gasteiger partial charge in [0, 0.05) is 17.4 Å². The van der Waals surface area contributed by atoms with E-state index in [-0.39, 0.29) is 0 Å². The number of aliphatic hydroxyl groups excluding tert-OH is 1. The number of carbonyl (C=O) groups excluding carboxylic acids is 1. The number of hydrogen-bond acceptors (Lipinski definition) is 4. The van der Waals surface area contributed by atoms with Crippen LogP contribution in [0.25, 0.3) is 11.0 Å². The van der Waals surface area contributed by atoms with Gasteiger partial charge < -0.3 is 19.7 Å². The Labute approximate surface area is 150 Å². The first-order chi connectivity index (χ1) is 11.2. The first-order valence-corrected chi connectivity index (χ1v) is 8.74. The molecule has 0 radical (unpaired) electrons. The zero-order valence-corrected chi connectivity index (χ0v) is 16.1. The van der Waals surface area contributed by atoms with Crippen molar-refractivity contribution in [1.82, 2.24) is 14.9 Å². The fourth-order valence-electron chi connectivity index (χ4n) is 2.40. The van der Waals surface area contributed by atoms with Gasteiger partial charge in [0.2, 0.25) is 0 Å². The molecule has 0 aliphatic rings. The Balaban J connectivity index is 2.11. The quantitative estimate of drug-likeness (QED) is 0.811. The van der Waals surface area contributed by atoms with Crippen LogP contribution in [-0.4, -0.2) is 39.0 Å². The SMILES string of the molecule is CC(O)Cn1c(CCNC(=O)OC(C)(C)C)nc2cc(Br)ccc21. The molecule has 1 atom stereocenters. The fraction of sp³-hybridized carbons (Fsp3) is 0.529. The zero-order chi connectivity index (χ0) is 17.9. The number of nitrogens with one attached hydrogen (secondary N) is 1. The van der Waals surface area contributed by atoms with Crippen LogP contribution in [0.3, 0.4) is 0 Å². The van der Waals surface area contributed by atoms with E-state index in [4.69, 9.17) is 4.74 Å². The number of hydrogen-bond donors (Lipinski definition) is 2. The van der Waals surface area contributed by atoms with Gasteiger partial charge in [0.25, 0.3) is 0 Å². The maximum Gasteiger partial charge on any atom is 0.407 e. The maximum atomic E-state index is 11.7. The Hall–Kier alpha value is -1.60. The molecule has 1 amide bonds. The van der Waals surface area contributed by atoms with Gasteiger partial charge in [-0.05, 0) is 45.9 Å². The van der Waals surface area contributed by atoms with Crippen molar-refractivity contribution in [1.29, 1.82) is 0 Å². The number of amides is 1. The molecule has 24 heavy (non-hydrogen) atoms. The molecular weight excluding hydrogens is 374 g/mol. The summed E-state index contributed by atoms with van der Waals surface area (Å²) in [5.74, 6) is 0.819. The lowest BCUT2D eigenvalue weighted by Crippen LogP contribution is -2.33. The highest BCUT2D eigenvalue weighted by molar-refractivity contribution is 9.10. The summed E-state index contributed by atoms with van der Waals surface area (Å²) in [4.78, 5) is 16.3. The smallest absolute Gasteiger partial charge is 0.407 e. The van der Waals surface area contributed by atoms with E-state index in [1.165, 1.54) is 0 Å². The summed E-state index contributed by atoms with van der Waals surface area (Å²) in [7, 11) is 0. The van der Waals surface area contributed by atoms with Crippen LogP contribution in [0.1, 0.15) is 33.5 Å². The first-order valence-electron chi connectivity index (χ1n) is 7.95. The van der Waals surface area contributed by atoms with Gasteiger partial charge in [-0.2, -0.15) is 0 Å². The largest absolute Gasteiger partial charge is 0.444 e. The predicted octanol–water partition coefficient (Wildman–Crippen LogP) is 3.25. The van der Waals surface area contributed by atoms with E-state index in [0.29, 0.717) is 19.5 Å². The van der Waals surface area contributed by atoms with E-state index in [9.17, 15) is 9.90 Å². The first kappa shape index (κ1) is 18.7. The van der Waals surface area contributed by atoms with Crippen LogP contribution >= 0.6 is 15.9 Å². The minimum atomic E-state index is -0.518. The van der Waals surface area contributed by atoms with Crippen LogP contribution in [0.5, 0.6) is 0 Å². The molecule has 0 saturated heterocycles. The van der Waals surface area contributed by atoms with Crippen LogP contribution in [0, 0.1) is 0 Å². The normalized spacial score (nSPS) is 13.1. The average molecular weight is 398 g/mol. The number of alkyl carbamates (subject to hydrolysis) is 1. The lowest BCUT2D eigenvalue weighted by Gasteiger charge is -2.19. The molecule has 6 nitrogen and oxygen atoms in total. The van der Waals surface area contributed by atoms with E-state index < -0.39 is 17.8 Å². The number of fused-ring (bicyclic) bond motifs is 1. The van der Waals surface area contributed by atoms with Crippen molar-refractivity contribution in [3.63, 3.8) is 0 Å². The molecule has 0 saturated carbocycles. The Kier molecular flexibility index (Phi) is 5.87. The third-order valence-electron chi connectivity index (χ3n) is 3.25. The number of nitrogens with zero attached hydrogens (tertiary/aromatic N) is 2. The molecule has 2 N–H and O–H groups in total. The van der Waals surface area contributed by atoms with Gasteiger partial charge in [0.1, 0.15) is 11.4 Å². The van der Waals surface area contributed by atoms with Gasteiger partial charge in [-0.25, -0.2) is 9.78 Å². The van der Waals surface area contributed by atoms with Gasteiger partial charge >= 0.3 is 6.09 Å². The number of benzene rings is 1. The number of rotatable bonds is 5. The Morgan fingerprint density at radius 2 is 2.17 bits per heavy atom. The minimum absolute atomic E-state index is 0.416. The molecule has 0 fully saturated rings. The summed E-state index contributed by atoms with van der Waals surface area (Å²) in [6, 6.07) is 5.86. The standard InChI is InChI=1S/C17H24BrN3O3/c1-11(22)10-21-14-6-5-12(18)9-13(14)20-15(21)7-8-19-16(23)24-17(2,3)4/h5-6,9,11,22H,7-8,10H2,1-4H3,(H,19,23). The monoisotopic (exact) mass is 397 g/mol. The van der Waals surface area contributed by atoms with Crippen molar-refractivity contribution >= 4 is 33.1 Å². The maximum absolute atomic E-state index is 11.7. The second-order valence-corrected chi connectivity index (χ2v) is 7.72. The highest BCUT2D eigenvalue weighted by atomic mass is 79.9. The molecule has 2 aromatic rings. The molecule has 132 valence electrons. The lowest BCUT2D eigenvalue weighted by molar-refractivity contribution is 0.0528. The summed E-state index contributed by atoms with van der Waals surface area (Å²) in [5.41, 5.74) is 1.30. The second kappa shape index (κ2) is 7.53. The van der Waals surface area contributed by atoms with Gasteiger partial charge in [-0.1, -0.05) is 15.9 Å². The van der Waals surface area contributed by atoms with E-state index >= 15 is 0 Å². The molecule has 0 bridgehead atoms. The van der Waals surface area contributed by atoms with Crippen LogP contribution in [-0.2, 0) is 17.7 Å². The molecule has 1 heterocycles. The summed E-state index contributed by atoms with van der Waals surface area (Å²) in [6.45, 7) is 8.10. The Bertz CT molecular complexity index is 720. The molecule has 1 unspecified atom stereocenters. The topological polar surface area (TPSA) is 76.4 Å². The molecule has 0 aliphatic carbocycles. The molecule has 1 aromatic heterocycles. The van der Waals surface area contributed by atoms with Crippen molar-refractivity contribution in [2.45, 2.75) is 52.4 Å². The second-order valence-electron chi connectivity index (χ2n) is 6.80.